The fourth-order valence-corrected chi connectivity index (χ4v) is 3.43. The van der Waals surface area contributed by atoms with Gasteiger partial charge in [-0.2, -0.15) is 13.2 Å². The molecule has 2 aromatic heterocycles. The maximum absolute atomic E-state index is 13.4. The summed E-state index contributed by atoms with van der Waals surface area (Å²) >= 11 is 0. The lowest BCUT2D eigenvalue weighted by atomic mass is 9.99. The standard InChI is InChI=1S/C21H19F3N4O.C2H6/c1-13-12-26-20-19(25-9-4-10-29)27-17-11-14(7-8-18(17)28(13)20)15-5-2-3-6-16(15)21(22,23)24;1-2/h2-3,5-8,11-12,29H,4,9-10H2,1H3,(H,25,27);1-2H3. The van der Waals surface area contributed by atoms with Crippen molar-refractivity contribution in [3.05, 3.63) is 59.9 Å². The molecule has 31 heavy (non-hydrogen) atoms. The summed E-state index contributed by atoms with van der Waals surface area (Å²) in [4.78, 5) is 9.01. The first-order valence-electron chi connectivity index (χ1n) is 10.2. The molecule has 0 spiro atoms. The molecule has 4 rings (SSSR count). The molecule has 2 N–H and O–H groups in total. The summed E-state index contributed by atoms with van der Waals surface area (Å²) in [7, 11) is 0. The van der Waals surface area contributed by atoms with E-state index in [1.165, 1.54) is 12.1 Å². The van der Waals surface area contributed by atoms with Crippen molar-refractivity contribution in [2.24, 2.45) is 0 Å². The Bertz CT molecular complexity index is 1180. The fourth-order valence-electron chi connectivity index (χ4n) is 3.43. The van der Waals surface area contributed by atoms with Crippen LogP contribution in [-0.4, -0.2) is 32.6 Å². The second-order valence-corrected chi connectivity index (χ2v) is 6.77. The number of aryl methyl sites for hydroxylation is 1. The van der Waals surface area contributed by atoms with Crippen molar-refractivity contribution < 1.29 is 18.3 Å². The van der Waals surface area contributed by atoms with Crippen LogP contribution in [0, 0.1) is 6.92 Å². The van der Waals surface area contributed by atoms with Crippen LogP contribution in [0.4, 0.5) is 19.0 Å². The van der Waals surface area contributed by atoms with E-state index < -0.39 is 11.7 Å². The van der Waals surface area contributed by atoms with E-state index in [9.17, 15) is 13.2 Å². The van der Waals surface area contributed by atoms with Gasteiger partial charge in [0.2, 0.25) is 0 Å². The van der Waals surface area contributed by atoms with Gasteiger partial charge < -0.3 is 10.4 Å². The van der Waals surface area contributed by atoms with E-state index in [0.717, 1.165) is 17.3 Å². The average Bonchev–Trinajstić information content (AvgIpc) is 3.16. The number of anilines is 1. The number of alkyl halides is 3. The summed E-state index contributed by atoms with van der Waals surface area (Å²) in [5.74, 6) is 0.528. The lowest BCUT2D eigenvalue weighted by molar-refractivity contribution is -0.137. The largest absolute Gasteiger partial charge is 0.417 e. The van der Waals surface area contributed by atoms with Crippen molar-refractivity contribution in [2.75, 3.05) is 18.5 Å². The highest BCUT2D eigenvalue weighted by Gasteiger charge is 2.33. The zero-order valence-electron chi connectivity index (χ0n) is 17.7. The summed E-state index contributed by atoms with van der Waals surface area (Å²) in [6.45, 7) is 6.46. The predicted octanol–water partition coefficient (Wildman–Crippen LogP) is 5.70. The molecular formula is C23H25F3N4O. The van der Waals surface area contributed by atoms with Crippen molar-refractivity contribution in [1.82, 2.24) is 14.4 Å². The Balaban J connectivity index is 0.00000132. The third kappa shape index (κ3) is 4.49. The molecule has 5 nitrogen and oxygen atoms in total. The van der Waals surface area contributed by atoms with E-state index >= 15 is 0 Å². The Morgan fingerprint density at radius 1 is 1.10 bits per heavy atom. The number of rotatable bonds is 5. The molecule has 0 amide bonds. The van der Waals surface area contributed by atoms with E-state index in [4.69, 9.17) is 5.11 Å². The summed E-state index contributed by atoms with van der Waals surface area (Å²) in [5, 5.41) is 12.2. The Morgan fingerprint density at radius 3 is 2.55 bits per heavy atom. The molecule has 2 aromatic carbocycles. The van der Waals surface area contributed by atoms with Crippen LogP contribution in [0.2, 0.25) is 0 Å². The number of nitrogens with one attached hydrogen (secondary N) is 1. The molecule has 4 aromatic rings. The van der Waals surface area contributed by atoms with Crippen LogP contribution in [0.15, 0.2) is 48.7 Å². The van der Waals surface area contributed by atoms with Gasteiger partial charge in [0.15, 0.2) is 11.5 Å². The van der Waals surface area contributed by atoms with E-state index in [2.05, 4.69) is 15.3 Å². The molecule has 0 unspecified atom stereocenters. The number of hydrogen-bond donors (Lipinski definition) is 2. The van der Waals surface area contributed by atoms with E-state index in [1.54, 1.807) is 30.5 Å². The SMILES string of the molecule is CC.Cc1cnc2c(NCCCO)nc3cc(-c4ccccc4C(F)(F)F)ccc3n12. The van der Waals surface area contributed by atoms with Gasteiger partial charge >= 0.3 is 6.18 Å². The second kappa shape index (κ2) is 9.34. The number of imidazole rings is 1. The topological polar surface area (TPSA) is 62.5 Å². The number of hydrogen-bond acceptors (Lipinski definition) is 4. The molecule has 8 heteroatoms. The van der Waals surface area contributed by atoms with Crippen LogP contribution in [0.1, 0.15) is 31.5 Å². The van der Waals surface area contributed by atoms with Crippen molar-refractivity contribution in [3.8, 4) is 11.1 Å². The van der Waals surface area contributed by atoms with Gasteiger partial charge in [0.1, 0.15) is 0 Å². The maximum Gasteiger partial charge on any atom is 0.417 e. The van der Waals surface area contributed by atoms with Crippen molar-refractivity contribution in [3.63, 3.8) is 0 Å². The van der Waals surface area contributed by atoms with Crippen molar-refractivity contribution in [2.45, 2.75) is 33.4 Å². The van der Waals surface area contributed by atoms with Gasteiger partial charge in [0, 0.05) is 25.0 Å². The summed E-state index contributed by atoms with van der Waals surface area (Å²) in [6, 6.07) is 10.6. The van der Waals surface area contributed by atoms with E-state index in [1.807, 2.05) is 25.2 Å². The van der Waals surface area contributed by atoms with Crippen LogP contribution < -0.4 is 5.32 Å². The normalized spacial score (nSPS) is 11.5. The van der Waals surface area contributed by atoms with E-state index in [-0.39, 0.29) is 12.2 Å². The first-order valence-corrected chi connectivity index (χ1v) is 10.2. The number of aliphatic hydroxyl groups is 1. The molecule has 0 saturated carbocycles. The van der Waals surface area contributed by atoms with Gasteiger partial charge in [0.05, 0.1) is 16.6 Å². The first-order chi connectivity index (χ1) is 14.9. The minimum absolute atomic E-state index is 0.0444. The number of fused-ring (bicyclic) bond motifs is 3. The van der Waals surface area contributed by atoms with Crippen LogP contribution >= 0.6 is 0 Å². The van der Waals surface area contributed by atoms with E-state index in [0.29, 0.717) is 35.5 Å². The quantitative estimate of drug-likeness (QED) is 0.399. The van der Waals surface area contributed by atoms with Crippen molar-refractivity contribution >= 4 is 22.5 Å². The lowest BCUT2D eigenvalue weighted by Gasteiger charge is -2.14. The number of aromatic nitrogens is 3. The zero-order chi connectivity index (χ0) is 22.6. The highest BCUT2D eigenvalue weighted by atomic mass is 19.4. The molecule has 0 fully saturated rings. The Kier molecular flexibility index (Phi) is 6.80. The zero-order valence-corrected chi connectivity index (χ0v) is 17.7. The summed E-state index contributed by atoms with van der Waals surface area (Å²) < 4.78 is 42.3. The van der Waals surface area contributed by atoms with Crippen LogP contribution in [0.25, 0.3) is 27.8 Å². The molecule has 0 atom stereocenters. The van der Waals surface area contributed by atoms with Gasteiger partial charge in [-0.15, -0.1) is 0 Å². The fraction of sp³-hybridized carbons (Fsp3) is 0.304. The molecule has 0 saturated heterocycles. The number of nitrogens with zero attached hydrogens (tertiary/aromatic N) is 3. The molecule has 0 bridgehead atoms. The minimum atomic E-state index is -4.44. The monoisotopic (exact) mass is 430 g/mol. The van der Waals surface area contributed by atoms with Gasteiger partial charge in [-0.1, -0.05) is 38.1 Å². The predicted molar refractivity (Wildman–Crippen MR) is 117 cm³/mol. The molecule has 0 radical (unpaired) electrons. The smallest absolute Gasteiger partial charge is 0.396 e. The molecule has 2 heterocycles. The molecule has 0 aliphatic heterocycles. The third-order valence-corrected chi connectivity index (χ3v) is 4.77. The molecule has 0 aliphatic carbocycles. The summed E-state index contributed by atoms with van der Waals surface area (Å²) in [6.07, 6.45) is -2.17. The lowest BCUT2D eigenvalue weighted by Crippen LogP contribution is -2.08. The maximum atomic E-state index is 13.4. The van der Waals surface area contributed by atoms with Gasteiger partial charge in [-0.05, 0) is 42.7 Å². The Hall–Kier alpha value is -3.13. The molecule has 164 valence electrons. The first kappa shape index (κ1) is 22.6. The molecular weight excluding hydrogens is 405 g/mol. The number of benzene rings is 2. The highest BCUT2D eigenvalue weighted by Crippen LogP contribution is 2.37. The summed E-state index contributed by atoms with van der Waals surface area (Å²) in [5.41, 5.74) is 2.71. The van der Waals surface area contributed by atoms with Gasteiger partial charge in [-0.25, -0.2) is 9.97 Å². The Labute approximate surface area is 178 Å². The van der Waals surface area contributed by atoms with Gasteiger partial charge in [0.25, 0.3) is 0 Å². The Morgan fingerprint density at radius 2 is 1.84 bits per heavy atom. The average molecular weight is 430 g/mol. The van der Waals surface area contributed by atoms with Crippen LogP contribution in [0.5, 0.6) is 0 Å². The molecule has 0 aliphatic rings. The number of aliphatic hydroxyl groups excluding tert-OH is 1. The van der Waals surface area contributed by atoms with Gasteiger partial charge in [-0.3, -0.25) is 4.40 Å². The minimum Gasteiger partial charge on any atom is -0.396 e. The third-order valence-electron chi connectivity index (χ3n) is 4.77. The highest BCUT2D eigenvalue weighted by molar-refractivity contribution is 5.87. The second-order valence-electron chi connectivity index (χ2n) is 6.77. The van der Waals surface area contributed by atoms with Crippen molar-refractivity contribution in [1.29, 1.82) is 0 Å². The number of halogens is 3. The van der Waals surface area contributed by atoms with Crippen LogP contribution in [-0.2, 0) is 6.18 Å². The van der Waals surface area contributed by atoms with Crippen LogP contribution in [0.3, 0.4) is 0 Å².